The van der Waals surface area contributed by atoms with Gasteiger partial charge in [0.15, 0.2) is 5.79 Å². The summed E-state index contributed by atoms with van der Waals surface area (Å²) in [6.45, 7) is 2.64. The van der Waals surface area contributed by atoms with Gasteiger partial charge >= 0.3 is 5.97 Å². The molecule has 0 aliphatic carbocycles. The number of carbonyl (C=O) groups excluding carboxylic acids is 1. The van der Waals surface area contributed by atoms with Crippen LogP contribution in [0.4, 0.5) is 0 Å². The Morgan fingerprint density at radius 3 is 2.45 bits per heavy atom. The van der Waals surface area contributed by atoms with Crippen LogP contribution in [-0.4, -0.2) is 28.6 Å². The minimum atomic E-state index is -1.91. The fraction of sp³-hybridized carbons (Fsp3) is 0.857. The second-order valence-electron chi connectivity index (χ2n) is 2.63. The molecule has 0 bridgehead atoms. The Morgan fingerprint density at radius 2 is 2.09 bits per heavy atom. The van der Waals surface area contributed by atoms with E-state index in [4.69, 9.17) is 10.2 Å². The van der Waals surface area contributed by atoms with Gasteiger partial charge in [-0.05, 0) is 13.3 Å². The maximum absolute atomic E-state index is 10.6. The molecule has 0 heterocycles. The topological polar surface area (TPSA) is 66.8 Å². The van der Waals surface area contributed by atoms with Crippen LogP contribution in [0, 0.1) is 0 Å². The van der Waals surface area contributed by atoms with E-state index in [-0.39, 0.29) is 6.61 Å². The van der Waals surface area contributed by atoms with E-state index in [1.54, 1.807) is 0 Å². The predicted molar refractivity (Wildman–Crippen MR) is 38.7 cm³/mol. The molecule has 0 aromatic carbocycles. The summed E-state index contributed by atoms with van der Waals surface area (Å²) in [5.41, 5.74) is 0. The second kappa shape index (κ2) is 4.31. The van der Waals surface area contributed by atoms with Crippen molar-refractivity contribution in [2.24, 2.45) is 0 Å². The first kappa shape index (κ1) is 10.4. The minimum absolute atomic E-state index is 0.316. The van der Waals surface area contributed by atoms with Crippen molar-refractivity contribution in [3.63, 3.8) is 0 Å². The normalized spacial score (nSPS) is 11.3. The van der Waals surface area contributed by atoms with Crippen LogP contribution in [0.3, 0.4) is 0 Å². The number of aliphatic hydroxyl groups is 2. The van der Waals surface area contributed by atoms with Gasteiger partial charge in [-0.15, -0.1) is 0 Å². The smallest absolute Gasteiger partial charge is 0.305 e. The Morgan fingerprint density at radius 1 is 1.55 bits per heavy atom. The molecule has 0 aromatic heterocycles. The highest BCUT2D eigenvalue weighted by Gasteiger charge is 2.17. The number of hydrogen-bond acceptors (Lipinski definition) is 4. The SMILES string of the molecule is CCCC(=O)OCC(C)(O)O. The molecular formula is C7H14O4. The number of rotatable bonds is 4. The summed E-state index contributed by atoms with van der Waals surface area (Å²) in [5, 5.41) is 17.4. The highest BCUT2D eigenvalue weighted by atomic mass is 16.6. The van der Waals surface area contributed by atoms with Crippen LogP contribution in [0.1, 0.15) is 26.7 Å². The highest BCUT2D eigenvalue weighted by Crippen LogP contribution is 1.99. The molecule has 0 saturated heterocycles. The van der Waals surface area contributed by atoms with Gasteiger partial charge in [0.1, 0.15) is 6.61 Å². The van der Waals surface area contributed by atoms with Crippen LogP contribution in [0.15, 0.2) is 0 Å². The molecule has 0 rings (SSSR count). The van der Waals surface area contributed by atoms with Crippen molar-refractivity contribution in [2.75, 3.05) is 6.61 Å². The first-order valence-corrected chi connectivity index (χ1v) is 3.56. The number of hydrogen-bond donors (Lipinski definition) is 2. The molecule has 4 heteroatoms. The van der Waals surface area contributed by atoms with Crippen molar-refractivity contribution >= 4 is 5.97 Å². The van der Waals surface area contributed by atoms with Crippen molar-refractivity contribution < 1.29 is 19.7 Å². The molecule has 0 amide bonds. The van der Waals surface area contributed by atoms with Gasteiger partial charge in [-0.3, -0.25) is 4.79 Å². The van der Waals surface area contributed by atoms with Crippen LogP contribution >= 0.6 is 0 Å². The third-order valence-electron chi connectivity index (χ3n) is 0.961. The maximum atomic E-state index is 10.6. The van der Waals surface area contributed by atoms with E-state index in [2.05, 4.69) is 4.74 Å². The van der Waals surface area contributed by atoms with Gasteiger partial charge in [-0.1, -0.05) is 6.92 Å². The Hall–Kier alpha value is -0.610. The lowest BCUT2D eigenvalue weighted by Gasteiger charge is -2.14. The molecule has 0 saturated carbocycles. The molecule has 0 aliphatic heterocycles. The summed E-state index contributed by atoms with van der Waals surface area (Å²) < 4.78 is 4.51. The van der Waals surface area contributed by atoms with E-state index >= 15 is 0 Å². The van der Waals surface area contributed by atoms with E-state index < -0.39 is 11.8 Å². The second-order valence-corrected chi connectivity index (χ2v) is 2.63. The average molecular weight is 162 g/mol. The summed E-state index contributed by atoms with van der Waals surface area (Å²) in [6.07, 6.45) is 1.02. The quantitative estimate of drug-likeness (QED) is 0.452. The summed E-state index contributed by atoms with van der Waals surface area (Å²) in [7, 11) is 0. The molecule has 2 N–H and O–H groups in total. The van der Waals surface area contributed by atoms with Crippen LogP contribution in [0.25, 0.3) is 0 Å². The van der Waals surface area contributed by atoms with E-state index in [0.29, 0.717) is 12.8 Å². The molecule has 0 aliphatic rings. The molecule has 11 heavy (non-hydrogen) atoms. The zero-order chi connectivity index (χ0) is 8.91. The third kappa shape index (κ3) is 7.29. The van der Waals surface area contributed by atoms with Gasteiger partial charge in [-0.2, -0.15) is 0 Å². The molecule has 66 valence electrons. The van der Waals surface area contributed by atoms with Crippen LogP contribution in [-0.2, 0) is 9.53 Å². The largest absolute Gasteiger partial charge is 0.460 e. The van der Waals surface area contributed by atoms with Gasteiger partial charge in [0, 0.05) is 6.42 Å². The molecule has 4 nitrogen and oxygen atoms in total. The minimum Gasteiger partial charge on any atom is -0.460 e. The lowest BCUT2D eigenvalue weighted by molar-refractivity contribution is -0.192. The van der Waals surface area contributed by atoms with Gasteiger partial charge in [0.05, 0.1) is 0 Å². The molecular weight excluding hydrogens is 148 g/mol. The van der Waals surface area contributed by atoms with Crippen LogP contribution < -0.4 is 0 Å². The van der Waals surface area contributed by atoms with Crippen LogP contribution in [0.5, 0.6) is 0 Å². The van der Waals surface area contributed by atoms with Gasteiger partial charge in [0.2, 0.25) is 0 Å². The van der Waals surface area contributed by atoms with Gasteiger partial charge < -0.3 is 14.9 Å². The van der Waals surface area contributed by atoms with E-state index in [9.17, 15) is 4.79 Å². The number of esters is 1. The number of ether oxygens (including phenoxy) is 1. The first-order valence-electron chi connectivity index (χ1n) is 3.56. The average Bonchev–Trinajstić information content (AvgIpc) is 1.83. The monoisotopic (exact) mass is 162 g/mol. The summed E-state index contributed by atoms with van der Waals surface area (Å²) in [6, 6.07) is 0. The van der Waals surface area contributed by atoms with Crippen molar-refractivity contribution in [1.82, 2.24) is 0 Å². The fourth-order valence-corrected chi connectivity index (χ4v) is 0.494. The molecule has 0 aromatic rings. The summed E-state index contributed by atoms with van der Waals surface area (Å²) >= 11 is 0. The van der Waals surface area contributed by atoms with E-state index in [0.717, 1.165) is 6.92 Å². The first-order chi connectivity index (χ1) is 4.95. The van der Waals surface area contributed by atoms with Crippen molar-refractivity contribution in [1.29, 1.82) is 0 Å². The molecule has 0 spiro atoms. The standard InChI is InChI=1S/C7H14O4/c1-3-4-6(8)11-5-7(2,9)10/h9-10H,3-5H2,1-2H3. The van der Waals surface area contributed by atoms with Crippen LogP contribution in [0.2, 0.25) is 0 Å². The zero-order valence-corrected chi connectivity index (χ0v) is 6.83. The summed E-state index contributed by atoms with van der Waals surface area (Å²) in [5.74, 6) is -2.31. The van der Waals surface area contributed by atoms with Gasteiger partial charge in [-0.25, -0.2) is 0 Å². The predicted octanol–water partition coefficient (Wildman–Crippen LogP) is 0.0305. The number of carbonyl (C=O) groups is 1. The molecule has 0 radical (unpaired) electrons. The zero-order valence-electron chi connectivity index (χ0n) is 6.83. The van der Waals surface area contributed by atoms with E-state index in [1.165, 1.54) is 0 Å². The summed E-state index contributed by atoms with van der Waals surface area (Å²) in [4.78, 5) is 10.6. The van der Waals surface area contributed by atoms with Crippen molar-refractivity contribution in [2.45, 2.75) is 32.5 Å². The lowest BCUT2D eigenvalue weighted by atomic mass is 10.3. The maximum Gasteiger partial charge on any atom is 0.305 e. The molecule has 0 atom stereocenters. The van der Waals surface area contributed by atoms with Crippen molar-refractivity contribution in [3.05, 3.63) is 0 Å². The third-order valence-corrected chi connectivity index (χ3v) is 0.961. The Bertz CT molecular complexity index is 125. The Labute approximate surface area is 65.8 Å². The molecule has 0 unspecified atom stereocenters. The lowest BCUT2D eigenvalue weighted by Crippen LogP contribution is -2.31. The Kier molecular flexibility index (Phi) is 4.07. The Balaban J connectivity index is 3.46. The molecule has 0 fully saturated rings. The van der Waals surface area contributed by atoms with Crippen molar-refractivity contribution in [3.8, 4) is 0 Å². The fourth-order valence-electron chi connectivity index (χ4n) is 0.494. The highest BCUT2D eigenvalue weighted by molar-refractivity contribution is 5.69. The van der Waals surface area contributed by atoms with E-state index in [1.807, 2.05) is 6.92 Å². The van der Waals surface area contributed by atoms with Gasteiger partial charge in [0.25, 0.3) is 0 Å².